The van der Waals surface area contributed by atoms with Gasteiger partial charge in [0.05, 0.1) is 22.7 Å². The van der Waals surface area contributed by atoms with Gasteiger partial charge in [-0.2, -0.15) is 0 Å². The molecule has 6 nitrogen and oxygen atoms in total. The fraction of sp³-hybridized carbons (Fsp3) is 0.444. The van der Waals surface area contributed by atoms with Crippen LogP contribution in [-0.2, 0) is 11.3 Å². The van der Waals surface area contributed by atoms with Crippen LogP contribution in [0.1, 0.15) is 46.2 Å². The number of carbonyl (C=O) groups excluding carboxylic acids is 1. The van der Waals surface area contributed by atoms with Gasteiger partial charge in [-0.05, 0) is 64.4 Å². The van der Waals surface area contributed by atoms with E-state index in [2.05, 4.69) is 32.6 Å². The molecule has 0 radical (unpaired) electrons. The Bertz CT molecular complexity index is 1200. The Hall–Kier alpha value is -2.71. The van der Waals surface area contributed by atoms with Crippen molar-refractivity contribution >= 4 is 28.6 Å². The normalized spacial score (nSPS) is 12.6. The van der Waals surface area contributed by atoms with E-state index in [0.29, 0.717) is 41.2 Å². The highest BCUT2D eigenvalue weighted by atomic mass is 32.2. The van der Waals surface area contributed by atoms with Crippen molar-refractivity contribution in [3.05, 3.63) is 70.3 Å². The molecule has 2 aromatic carbocycles. The fourth-order valence-electron chi connectivity index (χ4n) is 4.19. The number of thioether (sulfide) groups is 1. The third-order valence-corrected chi connectivity index (χ3v) is 7.35. The van der Waals surface area contributed by atoms with Crippen LogP contribution < -0.4 is 5.56 Å². The van der Waals surface area contributed by atoms with Crippen molar-refractivity contribution in [3.63, 3.8) is 0 Å². The van der Waals surface area contributed by atoms with Crippen LogP contribution in [0.15, 0.2) is 58.5 Å². The lowest BCUT2D eigenvalue weighted by Gasteiger charge is -2.31. The molecule has 0 saturated carbocycles. The van der Waals surface area contributed by atoms with E-state index in [1.165, 1.54) is 23.9 Å². The number of amides is 1. The van der Waals surface area contributed by atoms with Crippen LogP contribution in [0.25, 0.3) is 10.9 Å². The van der Waals surface area contributed by atoms with Crippen molar-refractivity contribution in [2.45, 2.75) is 64.4 Å². The first-order chi connectivity index (χ1) is 16.6. The average Bonchev–Trinajstić information content (AvgIpc) is 2.83. The molecule has 35 heavy (non-hydrogen) atoms. The fourth-order valence-corrected chi connectivity index (χ4v) is 5.14. The molecule has 0 bridgehead atoms. The molecule has 1 heterocycles. The van der Waals surface area contributed by atoms with E-state index in [4.69, 9.17) is 4.98 Å². The molecule has 8 heteroatoms. The van der Waals surface area contributed by atoms with Gasteiger partial charge in [-0.1, -0.05) is 36.0 Å². The van der Waals surface area contributed by atoms with Gasteiger partial charge in [0.1, 0.15) is 5.82 Å². The summed E-state index contributed by atoms with van der Waals surface area (Å²) in [7, 11) is 1.74. The van der Waals surface area contributed by atoms with Crippen LogP contribution in [0.2, 0.25) is 0 Å². The van der Waals surface area contributed by atoms with E-state index >= 15 is 0 Å². The number of benzene rings is 2. The van der Waals surface area contributed by atoms with Crippen LogP contribution in [-0.4, -0.2) is 56.7 Å². The molecular formula is C27H35FN4O2S. The first-order valence-electron chi connectivity index (χ1n) is 12.0. The maximum absolute atomic E-state index is 13.4. The SMILES string of the molecule is CC(c1ccc(F)cc1)N(C)C(=O)CSc1nc2ccccc2c(=O)n1CCN(C(C)C)C(C)C. The Balaban J connectivity index is 1.82. The van der Waals surface area contributed by atoms with Crippen molar-refractivity contribution in [1.82, 2.24) is 19.4 Å². The highest BCUT2D eigenvalue weighted by Crippen LogP contribution is 2.23. The topological polar surface area (TPSA) is 58.4 Å². The number of rotatable bonds is 10. The lowest BCUT2D eigenvalue weighted by Crippen LogP contribution is -2.40. The Morgan fingerprint density at radius 2 is 1.66 bits per heavy atom. The highest BCUT2D eigenvalue weighted by molar-refractivity contribution is 7.99. The van der Waals surface area contributed by atoms with Crippen LogP contribution >= 0.6 is 11.8 Å². The van der Waals surface area contributed by atoms with E-state index in [-0.39, 0.29) is 29.1 Å². The predicted octanol–water partition coefficient (Wildman–Crippen LogP) is 4.97. The van der Waals surface area contributed by atoms with Crippen molar-refractivity contribution < 1.29 is 9.18 Å². The summed E-state index contributed by atoms with van der Waals surface area (Å²) in [5.41, 5.74) is 1.39. The van der Waals surface area contributed by atoms with Crippen molar-refractivity contribution in [2.75, 3.05) is 19.3 Å². The summed E-state index contributed by atoms with van der Waals surface area (Å²) in [5.74, 6) is -0.253. The highest BCUT2D eigenvalue weighted by Gasteiger charge is 2.20. The average molecular weight is 499 g/mol. The van der Waals surface area contributed by atoms with Gasteiger partial charge in [0, 0.05) is 32.2 Å². The monoisotopic (exact) mass is 498 g/mol. The Morgan fingerprint density at radius 1 is 1.03 bits per heavy atom. The quantitative estimate of drug-likeness (QED) is 0.292. The number of hydrogen-bond donors (Lipinski definition) is 0. The molecule has 0 N–H and O–H groups in total. The van der Waals surface area contributed by atoms with E-state index in [9.17, 15) is 14.0 Å². The maximum atomic E-state index is 13.4. The molecule has 0 aliphatic heterocycles. The summed E-state index contributed by atoms with van der Waals surface area (Å²) < 4.78 is 15.0. The van der Waals surface area contributed by atoms with Gasteiger partial charge in [-0.25, -0.2) is 9.37 Å². The molecule has 1 unspecified atom stereocenters. The Kier molecular flexibility index (Phi) is 9.08. The summed E-state index contributed by atoms with van der Waals surface area (Å²) >= 11 is 1.28. The number of fused-ring (bicyclic) bond motifs is 1. The third kappa shape index (κ3) is 6.49. The van der Waals surface area contributed by atoms with E-state index in [0.717, 1.165) is 5.56 Å². The zero-order valence-electron chi connectivity index (χ0n) is 21.4. The molecular weight excluding hydrogens is 463 g/mol. The maximum Gasteiger partial charge on any atom is 0.262 e. The second-order valence-electron chi connectivity index (χ2n) is 9.31. The minimum Gasteiger partial charge on any atom is -0.338 e. The summed E-state index contributed by atoms with van der Waals surface area (Å²) in [6, 6.07) is 14.0. The van der Waals surface area contributed by atoms with Gasteiger partial charge in [-0.3, -0.25) is 19.1 Å². The first-order valence-corrected chi connectivity index (χ1v) is 13.0. The standard InChI is InChI=1S/C27H35FN4O2S/c1-18(2)31(19(3)4)15-16-32-26(34)23-9-7-8-10-24(23)29-27(32)35-17-25(33)30(6)20(5)21-11-13-22(28)14-12-21/h7-14,18-20H,15-17H2,1-6H3. The molecule has 0 fully saturated rings. The lowest BCUT2D eigenvalue weighted by molar-refractivity contribution is -0.128. The third-order valence-electron chi connectivity index (χ3n) is 6.39. The summed E-state index contributed by atoms with van der Waals surface area (Å²) in [6.07, 6.45) is 0. The number of halogens is 1. The molecule has 0 spiro atoms. The largest absolute Gasteiger partial charge is 0.338 e. The number of nitrogens with zero attached hydrogens (tertiary/aromatic N) is 4. The number of para-hydroxylation sites is 1. The van der Waals surface area contributed by atoms with Crippen molar-refractivity contribution in [2.24, 2.45) is 0 Å². The zero-order chi connectivity index (χ0) is 25.7. The second-order valence-corrected chi connectivity index (χ2v) is 10.3. The van der Waals surface area contributed by atoms with E-state index in [1.807, 2.05) is 25.1 Å². The second kappa shape index (κ2) is 11.8. The molecule has 188 valence electrons. The Labute approximate surface area is 211 Å². The van der Waals surface area contributed by atoms with E-state index < -0.39 is 0 Å². The minimum absolute atomic E-state index is 0.0910. The van der Waals surface area contributed by atoms with E-state index in [1.54, 1.807) is 34.7 Å². The van der Waals surface area contributed by atoms with Gasteiger partial charge >= 0.3 is 0 Å². The molecule has 3 aromatic rings. The van der Waals surface area contributed by atoms with Crippen LogP contribution in [0.5, 0.6) is 0 Å². The van der Waals surface area contributed by atoms with Crippen LogP contribution in [0, 0.1) is 5.82 Å². The van der Waals surface area contributed by atoms with Crippen LogP contribution in [0.4, 0.5) is 4.39 Å². The smallest absolute Gasteiger partial charge is 0.262 e. The van der Waals surface area contributed by atoms with Gasteiger partial charge in [0.2, 0.25) is 5.91 Å². The van der Waals surface area contributed by atoms with Gasteiger partial charge in [0.15, 0.2) is 5.16 Å². The van der Waals surface area contributed by atoms with Crippen molar-refractivity contribution in [3.8, 4) is 0 Å². The Morgan fingerprint density at radius 3 is 2.29 bits per heavy atom. The number of carbonyl (C=O) groups is 1. The molecule has 0 aliphatic carbocycles. The molecule has 0 saturated heterocycles. The summed E-state index contributed by atoms with van der Waals surface area (Å²) in [6.45, 7) is 11.7. The molecule has 0 aliphatic rings. The van der Waals surface area contributed by atoms with Crippen molar-refractivity contribution in [1.29, 1.82) is 0 Å². The predicted molar refractivity (Wildman–Crippen MR) is 141 cm³/mol. The van der Waals surface area contributed by atoms with Crippen LogP contribution in [0.3, 0.4) is 0 Å². The van der Waals surface area contributed by atoms with Gasteiger partial charge < -0.3 is 4.90 Å². The molecule has 1 aromatic heterocycles. The molecule has 1 atom stereocenters. The number of hydrogen-bond acceptors (Lipinski definition) is 5. The first kappa shape index (κ1) is 26.9. The summed E-state index contributed by atoms with van der Waals surface area (Å²) in [4.78, 5) is 35.1. The molecule has 3 rings (SSSR count). The van der Waals surface area contributed by atoms with Gasteiger partial charge in [-0.15, -0.1) is 0 Å². The summed E-state index contributed by atoms with van der Waals surface area (Å²) in [5, 5.41) is 1.11. The minimum atomic E-state index is -0.306. The molecule has 1 amide bonds. The van der Waals surface area contributed by atoms with Gasteiger partial charge in [0.25, 0.3) is 5.56 Å². The zero-order valence-corrected chi connectivity index (χ0v) is 22.2. The lowest BCUT2D eigenvalue weighted by atomic mass is 10.1. The number of aromatic nitrogens is 2.